The molecule has 0 aliphatic rings. The zero-order valence-corrected chi connectivity index (χ0v) is 11.9. The van der Waals surface area contributed by atoms with E-state index in [4.69, 9.17) is 14.0 Å². The van der Waals surface area contributed by atoms with Crippen LogP contribution in [0.3, 0.4) is 0 Å². The molecule has 0 spiro atoms. The molecule has 0 amide bonds. The lowest BCUT2D eigenvalue weighted by atomic mass is 10.3. The third-order valence-electron chi connectivity index (χ3n) is 2.48. The van der Waals surface area contributed by atoms with E-state index in [1.807, 2.05) is 37.3 Å². The topological polar surface area (TPSA) is 44.5 Å². The molecule has 2 rings (SSSR count). The van der Waals surface area contributed by atoms with Gasteiger partial charge in [0.15, 0.2) is 0 Å². The van der Waals surface area contributed by atoms with Gasteiger partial charge < -0.3 is 14.0 Å². The maximum atomic E-state index is 5.63. The van der Waals surface area contributed by atoms with Crippen LogP contribution in [0, 0.1) is 6.92 Å². The van der Waals surface area contributed by atoms with Gasteiger partial charge in [0.1, 0.15) is 17.3 Å². The summed E-state index contributed by atoms with van der Waals surface area (Å²) in [5, 5.41) is 3.85. The lowest BCUT2D eigenvalue weighted by Gasteiger charge is -2.06. The van der Waals surface area contributed by atoms with E-state index in [1.165, 1.54) is 0 Å². The minimum atomic E-state index is 0.671. The van der Waals surface area contributed by atoms with Crippen LogP contribution >= 0.6 is 11.8 Å². The molecule has 0 aliphatic carbocycles. The molecule has 0 saturated carbocycles. The Labute approximate surface area is 117 Å². The zero-order valence-electron chi connectivity index (χ0n) is 11.1. The van der Waals surface area contributed by atoms with E-state index in [1.54, 1.807) is 18.9 Å². The van der Waals surface area contributed by atoms with E-state index >= 15 is 0 Å². The van der Waals surface area contributed by atoms with Gasteiger partial charge in [-0.1, -0.05) is 5.16 Å². The van der Waals surface area contributed by atoms with E-state index in [0.717, 1.165) is 34.5 Å². The lowest BCUT2D eigenvalue weighted by Crippen LogP contribution is -2.00. The number of hydrogen-bond donors (Lipinski definition) is 0. The Hall–Kier alpha value is -1.62. The highest BCUT2D eigenvalue weighted by molar-refractivity contribution is 7.98. The van der Waals surface area contributed by atoms with Crippen molar-refractivity contribution >= 4 is 11.8 Å². The van der Waals surface area contributed by atoms with E-state index < -0.39 is 0 Å². The predicted octanol–water partition coefficient (Wildman–Crippen LogP) is 3.30. The molecule has 1 aromatic carbocycles. The maximum absolute atomic E-state index is 5.63. The fourth-order valence-corrected chi connectivity index (χ4v) is 2.23. The third kappa shape index (κ3) is 4.52. The molecular weight excluding hydrogens is 262 g/mol. The first kappa shape index (κ1) is 13.8. The van der Waals surface area contributed by atoms with Crippen molar-refractivity contribution in [1.29, 1.82) is 0 Å². The molecule has 1 heterocycles. The number of methoxy groups -OCH3 is 1. The molecule has 0 aliphatic heterocycles. The molecule has 0 saturated heterocycles. The fourth-order valence-electron chi connectivity index (χ4n) is 1.55. The summed E-state index contributed by atoms with van der Waals surface area (Å²) in [7, 11) is 1.65. The van der Waals surface area contributed by atoms with Crippen molar-refractivity contribution in [3.05, 3.63) is 41.8 Å². The monoisotopic (exact) mass is 279 g/mol. The summed E-state index contributed by atoms with van der Waals surface area (Å²) in [6.07, 6.45) is 0. The number of ether oxygens (including phenoxy) is 2. The zero-order chi connectivity index (χ0) is 13.5. The van der Waals surface area contributed by atoms with E-state index in [9.17, 15) is 0 Å². The molecule has 0 atom stereocenters. The molecule has 0 unspecified atom stereocenters. The number of thioether (sulfide) groups is 1. The van der Waals surface area contributed by atoms with Crippen molar-refractivity contribution in [3.8, 4) is 11.5 Å². The van der Waals surface area contributed by atoms with Crippen LogP contribution in [0.25, 0.3) is 0 Å². The summed E-state index contributed by atoms with van der Waals surface area (Å²) in [6, 6.07) is 9.55. The van der Waals surface area contributed by atoms with Gasteiger partial charge in [-0.25, -0.2) is 0 Å². The van der Waals surface area contributed by atoms with Crippen molar-refractivity contribution in [3.63, 3.8) is 0 Å². The highest BCUT2D eigenvalue weighted by atomic mass is 32.2. The Balaban J connectivity index is 1.63. The van der Waals surface area contributed by atoms with Crippen LogP contribution in [0.2, 0.25) is 0 Å². The van der Waals surface area contributed by atoms with Gasteiger partial charge in [0.05, 0.1) is 25.2 Å². The minimum absolute atomic E-state index is 0.671. The highest BCUT2D eigenvalue weighted by Crippen LogP contribution is 2.18. The van der Waals surface area contributed by atoms with Gasteiger partial charge in [-0.15, -0.1) is 0 Å². The van der Waals surface area contributed by atoms with Gasteiger partial charge in [-0.05, 0) is 31.2 Å². The first-order valence-electron chi connectivity index (χ1n) is 6.05. The Morgan fingerprint density at radius 2 is 1.95 bits per heavy atom. The second kappa shape index (κ2) is 7.09. The largest absolute Gasteiger partial charge is 0.497 e. The molecule has 0 N–H and O–H groups in total. The lowest BCUT2D eigenvalue weighted by molar-refractivity contribution is 0.342. The number of rotatable bonds is 7. The molecule has 2 aromatic rings. The van der Waals surface area contributed by atoms with Crippen LogP contribution in [0.15, 0.2) is 34.9 Å². The highest BCUT2D eigenvalue weighted by Gasteiger charge is 2.01. The summed E-state index contributed by atoms with van der Waals surface area (Å²) in [6.45, 7) is 2.59. The quantitative estimate of drug-likeness (QED) is 0.728. The van der Waals surface area contributed by atoms with E-state index in [2.05, 4.69) is 5.16 Å². The van der Waals surface area contributed by atoms with Gasteiger partial charge in [-0.3, -0.25) is 0 Å². The number of aromatic nitrogens is 1. The summed E-state index contributed by atoms with van der Waals surface area (Å²) >= 11 is 1.76. The first-order valence-corrected chi connectivity index (χ1v) is 7.20. The molecular formula is C14H17NO3S. The van der Waals surface area contributed by atoms with Crippen molar-refractivity contribution in [2.75, 3.05) is 19.5 Å². The van der Waals surface area contributed by atoms with E-state index in [0.29, 0.717) is 6.61 Å². The summed E-state index contributed by atoms with van der Waals surface area (Å²) < 4.78 is 15.8. The van der Waals surface area contributed by atoms with E-state index in [-0.39, 0.29) is 0 Å². The Kier molecular flexibility index (Phi) is 5.15. The second-order valence-corrected chi connectivity index (χ2v) is 5.12. The summed E-state index contributed by atoms with van der Waals surface area (Å²) in [5.41, 5.74) is 0.921. The minimum Gasteiger partial charge on any atom is -0.497 e. The number of benzene rings is 1. The first-order chi connectivity index (χ1) is 9.28. The SMILES string of the molecule is COc1ccc(OCCSCc2cc(C)no2)cc1. The Morgan fingerprint density at radius 3 is 2.58 bits per heavy atom. The molecule has 0 bridgehead atoms. The molecule has 5 heteroatoms. The average Bonchev–Trinajstić information content (AvgIpc) is 2.85. The van der Waals surface area contributed by atoms with Crippen LogP contribution in [0.4, 0.5) is 0 Å². The van der Waals surface area contributed by atoms with Gasteiger partial charge >= 0.3 is 0 Å². The Morgan fingerprint density at radius 1 is 1.21 bits per heavy atom. The summed E-state index contributed by atoms with van der Waals surface area (Å²) in [5.74, 6) is 4.34. The number of hydrogen-bond acceptors (Lipinski definition) is 5. The molecule has 4 nitrogen and oxygen atoms in total. The van der Waals surface area contributed by atoms with Crippen molar-refractivity contribution in [2.45, 2.75) is 12.7 Å². The molecule has 102 valence electrons. The third-order valence-corrected chi connectivity index (χ3v) is 3.42. The Bertz CT molecular complexity index is 496. The predicted molar refractivity (Wildman–Crippen MR) is 75.9 cm³/mol. The van der Waals surface area contributed by atoms with Crippen LogP contribution in [0.1, 0.15) is 11.5 Å². The standard InChI is InChI=1S/C14H17NO3S/c1-11-9-14(18-15-11)10-19-8-7-17-13-5-3-12(16-2)4-6-13/h3-6,9H,7-8,10H2,1-2H3. The van der Waals surface area contributed by atoms with Crippen LogP contribution in [-0.2, 0) is 5.75 Å². The second-order valence-electron chi connectivity index (χ2n) is 4.01. The molecule has 0 radical (unpaired) electrons. The van der Waals surface area contributed by atoms with Gasteiger partial charge in [-0.2, -0.15) is 11.8 Å². The normalized spacial score (nSPS) is 10.4. The van der Waals surface area contributed by atoms with Gasteiger partial charge in [0.25, 0.3) is 0 Å². The smallest absolute Gasteiger partial charge is 0.146 e. The number of nitrogens with zero attached hydrogens (tertiary/aromatic N) is 1. The summed E-state index contributed by atoms with van der Waals surface area (Å²) in [4.78, 5) is 0. The van der Waals surface area contributed by atoms with Crippen LogP contribution in [0.5, 0.6) is 11.5 Å². The van der Waals surface area contributed by atoms with Crippen LogP contribution in [-0.4, -0.2) is 24.6 Å². The molecule has 1 aromatic heterocycles. The average molecular weight is 279 g/mol. The van der Waals surface area contributed by atoms with Gasteiger partial charge in [0.2, 0.25) is 0 Å². The van der Waals surface area contributed by atoms with Gasteiger partial charge in [0, 0.05) is 11.8 Å². The van der Waals surface area contributed by atoms with Crippen molar-refractivity contribution in [2.24, 2.45) is 0 Å². The molecule has 19 heavy (non-hydrogen) atoms. The number of aryl methyl sites for hydroxylation is 1. The molecule has 0 fully saturated rings. The maximum Gasteiger partial charge on any atom is 0.146 e. The van der Waals surface area contributed by atoms with Crippen molar-refractivity contribution < 1.29 is 14.0 Å². The fraction of sp³-hybridized carbons (Fsp3) is 0.357. The van der Waals surface area contributed by atoms with Crippen molar-refractivity contribution in [1.82, 2.24) is 5.16 Å². The van der Waals surface area contributed by atoms with Crippen LogP contribution < -0.4 is 9.47 Å².